The molecular weight excluding hydrogens is 440 g/mol. The summed E-state index contributed by atoms with van der Waals surface area (Å²) in [6.45, 7) is 19.5. The van der Waals surface area contributed by atoms with Crippen LogP contribution in [0.4, 0.5) is 0 Å². The van der Waals surface area contributed by atoms with Crippen molar-refractivity contribution in [2.24, 2.45) is 0 Å². The van der Waals surface area contributed by atoms with Crippen LogP contribution in [0.25, 0.3) is 44.4 Å². The van der Waals surface area contributed by atoms with Crippen molar-refractivity contribution in [3.8, 4) is 0 Å². The zero-order chi connectivity index (χ0) is 25.7. The van der Waals surface area contributed by atoms with E-state index in [1.54, 1.807) is 0 Å². The molecule has 5 heterocycles. The molecule has 0 radical (unpaired) electrons. The molecule has 0 amide bonds. The van der Waals surface area contributed by atoms with Crippen molar-refractivity contribution in [2.45, 2.75) is 67.7 Å². The largest absolute Gasteiger partial charge is 0.355 e. The molecule has 4 heteroatoms. The molecule has 0 aromatic carbocycles. The number of aromatic amines is 2. The van der Waals surface area contributed by atoms with Crippen molar-refractivity contribution < 1.29 is 0 Å². The van der Waals surface area contributed by atoms with Gasteiger partial charge in [-0.25, -0.2) is 9.97 Å². The lowest BCUT2D eigenvalue weighted by molar-refractivity contribution is 1.14. The maximum atomic E-state index is 5.13. The second kappa shape index (κ2) is 9.09. The van der Waals surface area contributed by atoms with Crippen LogP contribution in [-0.2, 0) is 12.8 Å². The van der Waals surface area contributed by atoms with Crippen molar-refractivity contribution in [2.75, 3.05) is 0 Å². The maximum absolute atomic E-state index is 5.13. The van der Waals surface area contributed by atoms with Gasteiger partial charge in [-0.1, -0.05) is 33.4 Å². The van der Waals surface area contributed by atoms with Gasteiger partial charge >= 0.3 is 0 Å². The first-order valence-electron chi connectivity index (χ1n) is 13.1. The molecule has 36 heavy (non-hydrogen) atoms. The molecule has 3 aromatic rings. The third-order valence-corrected chi connectivity index (χ3v) is 7.98. The van der Waals surface area contributed by atoms with Gasteiger partial charge in [0, 0.05) is 27.6 Å². The first-order valence-corrected chi connectivity index (χ1v) is 13.1. The van der Waals surface area contributed by atoms with Crippen molar-refractivity contribution >= 4 is 44.4 Å². The van der Waals surface area contributed by atoms with Gasteiger partial charge in [0.05, 0.1) is 22.8 Å². The molecule has 0 fully saturated rings. The van der Waals surface area contributed by atoms with Gasteiger partial charge in [-0.05, 0) is 110 Å². The zero-order valence-corrected chi connectivity index (χ0v) is 22.6. The summed E-state index contributed by atoms with van der Waals surface area (Å²) in [6.07, 6.45) is 4.78. The third-order valence-electron chi connectivity index (χ3n) is 7.98. The van der Waals surface area contributed by atoms with E-state index >= 15 is 0 Å². The Morgan fingerprint density at radius 2 is 1.11 bits per heavy atom. The first-order chi connectivity index (χ1) is 17.3. The van der Waals surface area contributed by atoms with E-state index in [1.165, 1.54) is 33.4 Å². The maximum Gasteiger partial charge on any atom is 0.0733 e. The van der Waals surface area contributed by atoms with Gasteiger partial charge < -0.3 is 9.97 Å². The van der Waals surface area contributed by atoms with E-state index in [1.807, 2.05) is 6.08 Å². The Labute approximate surface area is 213 Å². The Morgan fingerprint density at radius 3 is 1.61 bits per heavy atom. The summed E-state index contributed by atoms with van der Waals surface area (Å²) in [5.41, 5.74) is 18.5. The summed E-state index contributed by atoms with van der Waals surface area (Å²) >= 11 is 0. The normalized spacial score (nSPS) is 13.6. The first kappa shape index (κ1) is 24.1. The van der Waals surface area contributed by atoms with Crippen molar-refractivity contribution in [1.29, 1.82) is 0 Å². The Hall–Kier alpha value is -3.66. The summed E-state index contributed by atoms with van der Waals surface area (Å²) in [4.78, 5) is 17.6. The van der Waals surface area contributed by atoms with Crippen LogP contribution in [0.1, 0.15) is 86.1 Å². The summed E-state index contributed by atoms with van der Waals surface area (Å²) in [7, 11) is 0. The van der Waals surface area contributed by atoms with Crippen LogP contribution >= 0.6 is 0 Å². The van der Waals surface area contributed by atoms with E-state index in [-0.39, 0.29) is 0 Å². The number of hydrogen-bond acceptors (Lipinski definition) is 2. The zero-order valence-electron chi connectivity index (χ0n) is 22.6. The molecule has 184 valence electrons. The molecule has 2 N–H and O–H groups in total. The molecule has 0 aliphatic carbocycles. The van der Waals surface area contributed by atoms with Gasteiger partial charge in [0.25, 0.3) is 0 Å². The average Bonchev–Trinajstić information content (AvgIpc) is 3.51. The fraction of sp³-hybridized carbons (Fsp3) is 0.312. The molecule has 8 bridgehead atoms. The highest BCUT2D eigenvalue weighted by molar-refractivity contribution is 5.97. The molecule has 0 saturated heterocycles. The second-order valence-corrected chi connectivity index (χ2v) is 9.86. The lowest BCUT2D eigenvalue weighted by Gasteiger charge is -1.99. The smallest absolute Gasteiger partial charge is 0.0733 e. The van der Waals surface area contributed by atoms with Crippen molar-refractivity contribution in [1.82, 2.24) is 19.9 Å². The van der Waals surface area contributed by atoms with Crippen LogP contribution in [0.15, 0.2) is 36.9 Å². The van der Waals surface area contributed by atoms with Crippen molar-refractivity contribution in [3.63, 3.8) is 0 Å². The van der Waals surface area contributed by atoms with Crippen LogP contribution < -0.4 is 0 Å². The van der Waals surface area contributed by atoms with E-state index in [0.717, 1.165) is 75.3 Å². The number of H-pyrrole nitrogens is 2. The van der Waals surface area contributed by atoms with Gasteiger partial charge in [-0.3, -0.25) is 0 Å². The molecule has 0 saturated carbocycles. The number of hydrogen-bond donors (Lipinski definition) is 2. The number of nitrogens with zero attached hydrogens (tertiary/aromatic N) is 2. The lowest BCUT2D eigenvalue weighted by atomic mass is 10.0. The number of aryl methyl sites for hydroxylation is 4. The topological polar surface area (TPSA) is 57.4 Å². The minimum atomic E-state index is 0.949. The Bertz CT molecular complexity index is 1640. The quantitative estimate of drug-likeness (QED) is 0.396. The van der Waals surface area contributed by atoms with Gasteiger partial charge in [0.2, 0.25) is 0 Å². The third kappa shape index (κ3) is 3.67. The minimum Gasteiger partial charge on any atom is -0.355 e. The minimum absolute atomic E-state index is 0.949. The predicted octanol–water partition coefficient (Wildman–Crippen LogP) is 8.51. The fourth-order valence-corrected chi connectivity index (χ4v) is 5.80. The van der Waals surface area contributed by atoms with Gasteiger partial charge in [0.15, 0.2) is 0 Å². The van der Waals surface area contributed by atoms with E-state index in [4.69, 9.17) is 9.97 Å². The van der Waals surface area contributed by atoms with Gasteiger partial charge in [-0.15, -0.1) is 0 Å². The molecular formula is C32H36N4. The highest BCUT2D eigenvalue weighted by Gasteiger charge is 2.19. The van der Waals surface area contributed by atoms with E-state index in [0.29, 0.717) is 0 Å². The molecule has 0 atom stereocenters. The highest BCUT2D eigenvalue weighted by atomic mass is 14.8. The highest BCUT2D eigenvalue weighted by Crippen LogP contribution is 2.35. The molecule has 2 aliphatic heterocycles. The summed E-state index contributed by atoms with van der Waals surface area (Å²) < 4.78 is 0. The number of aromatic nitrogens is 4. The summed E-state index contributed by atoms with van der Waals surface area (Å²) in [5.74, 6) is 0. The van der Waals surface area contributed by atoms with Crippen LogP contribution in [0.2, 0.25) is 0 Å². The van der Waals surface area contributed by atoms with E-state index < -0.39 is 0 Å². The van der Waals surface area contributed by atoms with Crippen LogP contribution in [0, 0.1) is 13.8 Å². The summed E-state index contributed by atoms with van der Waals surface area (Å²) in [6, 6.07) is 8.82. The fourth-order valence-electron chi connectivity index (χ4n) is 5.80. The Kier molecular flexibility index (Phi) is 6.07. The van der Waals surface area contributed by atoms with E-state index in [9.17, 15) is 0 Å². The summed E-state index contributed by atoms with van der Waals surface area (Å²) in [5, 5.41) is 0. The monoisotopic (exact) mass is 476 g/mol. The number of nitrogens with one attached hydrogen (secondary N) is 2. The molecule has 0 unspecified atom stereocenters. The Balaban J connectivity index is 2.00. The molecule has 4 nitrogen and oxygen atoms in total. The molecule has 0 spiro atoms. The van der Waals surface area contributed by atoms with Gasteiger partial charge in [0.1, 0.15) is 0 Å². The lowest BCUT2D eigenvalue weighted by Crippen LogP contribution is -1.83. The molecule has 2 aliphatic rings. The number of rotatable bonds is 4. The SMILES string of the molecule is C=CC1=C(C)c2cc3[nH]c(cc4nc(cc5[nH]c(cc1n2)c(C)c5CC)C(C)=C4CC)c(C)c3CC. The molecule has 5 rings (SSSR count). The predicted molar refractivity (Wildman–Crippen MR) is 155 cm³/mol. The van der Waals surface area contributed by atoms with Crippen molar-refractivity contribution in [3.05, 3.63) is 81.9 Å². The standard InChI is InChI=1S/C32H36N4/c1-9-21-17(5)25-14-30-23(11-3)19(7)27(35-30)16-32-24(12-4)20(8)28(36-32)15-31-22(10-2)18(6)26(34-31)13-29(21)33-25/h9,13-16,34-35H,1,10-12H2,2-8H3. The number of allylic oxidation sites excluding steroid dienone is 5. The van der Waals surface area contributed by atoms with Gasteiger partial charge in [-0.2, -0.15) is 0 Å². The van der Waals surface area contributed by atoms with E-state index in [2.05, 4.69) is 89.3 Å². The molecule has 3 aromatic heterocycles. The second-order valence-electron chi connectivity index (χ2n) is 9.86. The van der Waals surface area contributed by atoms with Crippen LogP contribution in [0.5, 0.6) is 0 Å². The number of fused-ring (bicyclic) bond motifs is 8. The van der Waals surface area contributed by atoms with Crippen LogP contribution in [-0.4, -0.2) is 19.9 Å². The Morgan fingerprint density at radius 1 is 0.639 bits per heavy atom. The van der Waals surface area contributed by atoms with Crippen LogP contribution in [0.3, 0.4) is 0 Å². The average molecular weight is 477 g/mol.